The predicted molar refractivity (Wildman–Crippen MR) is 136 cm³/mol. The van der Waals surface area contributed by atoms with E-state index in [9.17, 15) is 4.79 Å². The molecule has 0 radical (unpaired) electrons. The fraction of sp³-hybridized carbons (Fsp3) is 0.458. The van der Waals surface area contributed by atoms with Crippen LogP contribution in [0.15, 0.2) is 29.6 Å². The summed E-state index contributed by atoms with van der Waals surface area (Å²) in [5, 5.41) is 7.27. The molecule has 10 heteroatoms. The Morgan fingerprint density at radius 2 is 2.00 bits per heavy atom. The van der Waals surface area contributed by atoms with Crippen molar-refractivity contribution in [2.45, 2.75) is 37.4 Å². The van der Waals surface area contributed by atoms with Crippen LogP contribution in [-0.4, -0.2) is 66.8 Å². The van der Waals surface area contributed by atoms with E-state index in [4.69, 9.17) is 32.0 Å². The van der Waals surface area contributed by atoms with Crippen molar-refractivity contribution in [3.8, 4) is 11.1 Å². The van der Waals surface area contributed by atoms with Gasteiger partial charge >= 0.3 is 0 Å². The van der Waals surface area contributed by atoms with Crippen LogP contribution in [0.1, 0.15) is 19.3 Å². The molecule has 3 N–H and O–H groups in total. The van der Waals surface area contributed by atoms with E-state index in [0.29, 0.717) is 30.1 Å². The molecule has 3 aliphatic heterocycles. The summed E-state index contributed by atoms with van der Waals surface area (Å²) in [5.41, 5.74) is 7.52. The third kappa shape index (κ3) is 3.90. The topological polar surface area (TPSA) is 96.6 Å². The van der Waals surface area contributed by atoms with Crippen LogP contribution in [0.5, 0.6) is 0 Å². The second-order valence-electron chi connectivity index (χ2n) is 9.25. The Labute approximate surface area is 207 Å². The Hall–Kier alpha value is -2.46. The standard InChI is InChI=1S/C24H27ClN6O2S/c25-19-4-2-1-3-17(19)18-13-34-23-21(18)22(30-8-7-27-14(10-30)9-20(26)32)28-24(29-23)31-15-5-6-16(31)12-33-11-15/h1-4,13-16,27H,5-12H2,(H2,26,32). The second kappa shape index (κ2) is 8.96. The lowest BCUT2D eigenvalue weighted by atomic mass is 10.0. The van der Waals surface area contributed by atoms with Crippen LogP contribution in [0.25, 0.3) is 21.3 Å². The Kier molecular flexibility index (Phi) is 5.81. The number of fused-ring (bicyclic) bond motifs is 3. The van der Waals surface area contributed by atoms with E-state index >= 15 is 0 Å². The lowest BCUT2D eigenvalue weighted by Crippen LogP contribution is -2.52. The van der Waals surface area contributed by atoms with Gasteiger partial charge in [-0.1, -0.05) is 29.8 Å². The van der Waals surface area contributed by atoms with E-state index in [-0.39, 0.29) is 11.9 Å². The lowest BCUT2D eigenvalue weighted by Gasteiger charge is -2.37. The Morgan fingerprint density at radius 3 is 2.76 bits per heavy atom. The Bertz CT molecular complexity index is 1220. The molecule has 0 aliphatic carbocycles. The molecule has 2 aromatic heterocycles. The highest BCUT2D eigenvalue weighted by molar-refractivity contribution is 7.17. The summed E-state index contributed by atoms with van der Waals surface area (Å²) in [5.74, 6) is 1.37. The van der Waals surface area contributed by atoms with Crippen LogP contribution in [0, 0.1) is 0 Å². The number of benzene rings is 1. The normalized spacial score (nSPS) is 24.7. The summed E-state index contributed by atoms with van der Waals surface area (Å²) in [6.07, 6.45) is 2.50. The number of primary amides is 1. The van der Waals surface area contributed by atoms with E-state index in [1.807, 2.05) is 24.3 Å². The molecule has 178 valence electrons. The first-order chi connectivity index (χ1) is 16.6. The maximum atomic E-state index is 11.6. The molecule has 8 nitrogen and oxygen atoms in total. The Balaban J connectivity index is 1.49. The number of halogens is 1. The molecule has 3 fully saturated rings. The molecule has 3 unspecified atom stereocenters. The molecule has 1 aromatic carbocycles. The first kappa shape index (κ1) is 22.0. The molecule has 3 aliphatic rings. The minimum atomic E-state index is -0.301. The number of nitrogens with zero attached hydrogens (tertiary/aromatic N) is 4. The Morgan fingerprint density at radius 1 is 1.21 bits per heavy atom. The largest absolute Gasteiger partial charge is 0.377 e. The van der Waals surface area contributed by atoms with E-state index in [1.165, 1.54) is 0 Å². The highest BCUT2D eigenvalue weighted by Gasteiger charge is 2.40. The van der Waals surface area contributed by atoms with Gasteiger partial charge in [-0.3, -0.25) is 4.79 Å². The molecule has 3 saturated heterocycles. The molecule has 2 bridgehead atoms. The van der Waals surface area contributed by atoms with Crippen LogP contribution in [-0.2, 0) is 9.53 Å². The maximum absolute atomic E-state index is 11.6. The molecule has 34 heavy (non-hydrogen) atoms. The number of amides is 1. The minimum Gasteiger partial charge on any atom is -0.377 e. The van der Waals surface area contributed by atoms with Gasteiger partial charge in [-0.2, -0.15) is 4.98 Å². The second-order valence-corrected chi connectivity index (χ2v) is 10.5. The quantitative estimate of drug-likeness (QED) is 0.558. The number of anilines is 2. The number of hydrogen-bond acceptors (Lipinski definition) is 8. The van der Waals surface area contributed by atoms with E-state index < -0.39 is 0 Å². The van der Waals surface area contributed by atoms with Crippen molar-refractivity contribution in [3.63, 3.8) is 0 Å². The summed E-state index contributed by atoms with van der Waals surface area (Å²) in [7, 11) is 0. The number of ether oxygens (including phenoxy) is 1. The van der Waals surface area contributed by atoms with Gasteiger partial charge in [0.05, 0.1) is 30.7 Å². The number of morpholine rings is 1. The highest BCUT2D eigenvalue weighted by Crippen LogP contribution is 2.43. The van der Waals surface area contributed by atoms with Crippen molar-refractivity contribution >= 4 is 50.8 Å². The van der Waals surface area contributed by atoms with Crippen molar-refractivity contribution in [1.82, 2.24) is 15.3 Å². The van der Waals surface area contributed by atoms with Gasteiger partial charge in [-0.25, -0.2) is 4.98 Å². The number of rotatable bonds is 5. The highest BCUT2D eigenvalue weighted by atomic mass is 35.5. The third-order valence-electron chi connectivity index (χ3n) is 7.04. The monoisotopic (exact) mass is 498 g/mol. The molecule has 5 heterocycles. The van der Waals surface area contributed by atoms with E-state index in [1.54, 1.807) is 11.3 Å². The first-order valence-electron chi connectivity index (χ1n) is 11.8. The van der Waals surface area contributed by atoms with Crippen molar-refractivity contribution in [2.75, 3.05) is 42.6 Å². The van der Waals surface area contributed by atoms with Crippen LogP contribution in [0.4, 0.5) is 11.8 Å². The first-order valence-corrected chi connectivity index (χ1v) is 13.0. The number of nitrogens with one attached hydrogen (secondary N) is 1. The minimum absolute atomic E-state index is 0.0123. The zero-order chi connectivity index (χ0) is 23.2. The van der Waals surface area contributed by atoms with Crippen molar-refractivity contribution in [3.05, 3.63) is 34.7 Å². The smallest absolute Gasteiger partial charge is 0.229 e. The summed E-state index contributed by atoms with van der Waals surface area (Å²) < 4.78 is 5.80. The number of nitrogens with two attached hydrogens (primary N) is 1. The van der Waals surface area contributed by atoms with Crippen LogP contribution >= 0.6 is 22.9 Å². The molecule has 0 saturated carbocycles. The summed E-state index contributed by atoms with van der Waals surface area (Å²) in [4.78, 5) is 27.4. The summed E-state index contributed by atoms with van der Waals surface area (Å²) >= 11 is 8.22. The van der Waals surface area contributed by atoms with Gasteiger partial charge in [0.25, 0.3) is 0 Å². The van der Waals surface area contributed by atoms with Crippen molar-refractivity contribution < 1.29 is 9.53 Å². The summed E-state index contributed by atoms with van der Waals surface area (Å²) in [6, 6.07) is 8.51. The number of carbonyl (C=O) groups excluding carboxylic acids is 1. The zero-order valence-electron chi connectivity index (χ0n) is 18.7. The molecule has 3 aromatic rings. The van der Waals surface area contributed by atoms with Gasteiger partial charge in [0, 0.05) is 53.6 Å². The molecule has 3 atom stereocenters. The number of hydrogen-bond donors (Lipinski definition) is 2. The van der Waals surface area contributed by atoms with Crippen LogP contribution in [0.2, 0.25) is 5.02 Å². The van der Waals surface area contributed by atoms with Crippen molar-refractivity contribution in [2.24, 2.45) is 5.73 Å². The molecule has 0 spiro atoms. The van der Waals surface area contributed by atoms with Gasteiger partial charge < -0.3 is 25.6 Å². The maximum Gasteiger partial charge on any atom is 0.229 e. The molecular formula is C24H27ClN6O2S. The predicted octanol–water partition coefficient (Wildman–Crippen LogP) is 3.03. The van der Waals surface area contributed by atoms with Gasteiger partial charge in [0.1, 0.15) is 10.6 Å². The van der Waals surface area contributed by atoms with Crippen LogP contribution < -0.4 is 20.9 Å². The average Bonchev–Trinajstić information content (AvgIpc) is 3.36. The zero-order valence-corrected chi connectivity index (χ0v) is 20.3. The van der Waals surface area contributed by atoms with Crippen LogP contribution in [0.3, 0.4) is 0 Å². The molecule has 6 rings (SSSR count). The lowest BCUT2D eigenvalue weighted by molar-refractivity contribution is -0.118. The number of piperazine rings is 1. The number of aromatic nitrogens is 2. The number of thiophene rings is 1. The fourth-order valence-corrected chi connectivity index (χ4v) is 6.65. The number of carbonyl (C=O) groups is 1. The van der Waals surface area contributed by atoms with E-state index in [2.05, 4.69) is 20.5 Å². The SMILES string of the molecule is NC(=O)CC1CN(c2nc(N3C4CCC3COC4)nc3scc(-c4ccccc4Cl)c23)CCN1. The van der Waals surface area contributed by atoms with Gasteiger partial charge in [0.15, 0.2) is 0 Å². The third-order valence-corrected chi connectivity index (χ3v) is 8.24. The summed E-state index contributed by atoms with van der Waals surface area (Å²) in [6.45, 7) is 3.64. The molecular weight excluding hydrogens is 472 g/mol. The van der Waals surface area contributed by atoms with Gasteiger partial charge in [0.2, 0.25) is 11.9 Å². The van der Waals surface area contributed by atoms with Gasteiger partial charge in [-0.05, 0) is 18.9 Å². The average molecular weight is 499 g/mol. The fourth-order valence-electron chi connectivity index (χ4n) is 5.49. The van der Waals surface area contributed by atoms with Crippen molar-refractivity contribution in [1.29, 1.82) is 0 Å². The van der Waals surface area contributed by atoms with Gasteiger partial charge in [-0.15, -0.1) is 11.3 Å². The van der Waals surface area contributed by atoms with E-state index in [0.717, 1.165) is 72.3 Å². The molecule has 1 amide bonds.